The predicted molar refractivity (Wildman–Crippen MR) is 190 cm³/mol. The summed E-state index contributed by atoms with van der Waals surface area (Å²) in [6.45, 7) is 4.13. The van der Waals surface area contributed by atoms with Gasteiger partial charge in [0.1, 0.15) is 0 Å². The van der Waals surface area contributed by atoms with Gasteiger partial charge in [-0.25, -0.2) is 0 Å². The second-order valence-electron chi connectivity index (χ2n) is 12.8. The number of carbonyl (C=O) groups is 1. The van der Waals surface area contributed by atoms with Gasteiger partial charge in [-0.1, -0.05) is 153 Å². The molecule has 4 N–H and O–H groups in total. The Balaban J connectivity index is 3.69. The summed E-state index contributed by atoms with van der Waals surface area (Å²) < 4.78 is 0. The number of aliphatic hydroxyl groups is 3. The summed E-state index contributed by atoms with van der Waals surface area (Å²) in [5.74, 6) is -0.334. The number of carbonyl (C=O) groups excluding carboxylic acids is 1. The van der Waals surface area contributed by atoms with Gasteiger partial charge in [0.2, 0.25) is 5.91 Å². The molecule has 0 aliphatic heterocycles. The average Bonchev–Trinajstić information content (AvgIpc) is 3.01. The third-order valence-electron chi connectivity index (χ3n) is 8.40. The van der Waals surface area contributed by atoms with Crippen LogP contribution in [-0.2, 0) is 4.79 Å². The molecule has 5 heteroatoms. The van der Waals surface area contributed by atoms with Crippen molar-refractivity contribution in [2.24, 2.45) is 0 Å². The van der Waals surface area contributed by atoms with Gasteiger partial charge in [0, 0.05) is 0 Å². The molecule has 0 saturated carbocycles. The van der Waals surface area contributed by atoms with E-state index in [0.717, 1.165) is 44.9 Å². The first-order valence-electron chi connectivity index (χ1n) is 18.8. The van der Waals surface area contributed by atoms with Crippen LogP contribution in [0, 0.1) is 0 Å². The van der Waals surface area contributed by atoms with Crippen LogP contribution in [0.3, 0.4) is 0 Å². The van der Waals surface area contributed by atoms with Crippen molar-refractivity contribution >= 4 is 5.91 Å². The number of amides is 1. The highest BCUT2D eigenvalue weighted by atomic mass is 16.3. The maximum atomic E-state index is 12.3. The molecule has 0 fully saturated rings. The Morgan fingerprint density at radius 1 is 0.568 bits per heavy atom. The largest absolute Gasteiger partial charge is 0.394 e. The minimum Gasteiger partial charge on any atom is -0.394 e. The highest BCUT2D eigenvalue weighted by molar-refractivity contribution is 5.76. The molecule has 0 rings (SSSR count). The number of hydrogen-bond acceptors (Lipinski definition) is 4. The second kappa shape index (κ2) is 34.4. The lowest BCUT2D eigenvalue weighted by Crippen LogP contribution is -2.45. The molecule has 258 valence electrons. The minimum atomic E-state index is -0.950. The fourth-order valence-electron chi connectivity index (χ4n) is 5.47. The number of unbranched alkanes of at least 4 members (excludes halogenated alkanes) is 20. The molecule has 5 nitrogen and oxygen atoms in total. The summed E-state index contributed by atoms with van der Waals surface area (Å²) in [5, 5.41) is 32.9. The minimum absolute atomic E-state index is 0.000318. The molecular weight excluding hydrogens is 546 g/mol. The molecule has 0 radical (unpaired) electrons. The molecule has 0 heterocycles. The monoisotopic (exact) mass is 620 g/mol. The van der Waals surface area contributed by atoms with E-state index < -0.39 is 18.2 Å². The van der Waals surface area contributed by atoms with Crippen LogP contribution in [0.25, 0.3) is 0 Å². The summed E-state index contributed by atoms with van der Waals surface area (Å²) in [6, 6.07) is -0.760. The van der Waals surface area contributed by atoms with Gasteiger partial charge in [-0.2, -0.15) is 0 Å². The van der Waals surface area contributed by atoms with Crippen LogP contribution < -0.4 is 5.32 Å². The summed E-state index contributed by atoms with van der Waals surface area (Å²) in [5.41, 5.74) is 0. The number of aliphatic hydroxyl groups excluding tert-OH is 3. The number of hydrogen-bond donors (Lipinski definition) is 4. The number of allylic oxidation sites excluding steroid dienone is 5. The molecule has 0 aliphatic rings. The molecule has 44 heavy (non-hydrogen) atoms. The first kappa shape index (κ1) is 42.6. The normalized spacial score (nSPS) is 14.2. The average molecular weight is 620 g/mol. The first-order valence-corrected chi connectivity index (χ1v) is 18.8. The van der Waals surface area contributed by atoms with Gasteiger partial charge in [-0.15, -0.1) is 0 Å². The SMILES string of the molecule is CCCCC/C=C/CC/C=C/C(O)C(CO)NC(=O)CC(O)CCCCCCC/C=C\CCCCCCCCCCCCC. The third-order valence-corrected chi connectivity index (χ3v) is 8.40. The molecular formula is C39H73NO4. The third kappa shape index (κ3) is 30.6. The fraction of sp³-hybridized carbons (Fsp3) is 0.821. The van der Waals surface area contributed by atoms with Crippen molar-refractivity contribution in [2.45, 2.75) is 199 Å². The summed E-state index contributed by atoms with van der Waals surface area (Å²) in [4.78, 5) is 12.3. The first-order chi connectivity index (χ1) is 21.5. The van der Waals surface area contributed by atoms with Crippen LogP contribution >= 0.6 is 0 Å². The smallest absolute Gasteiger partial charge is 0.222 e. The molecule has 0 aromatic heterocycles. The molecule has 1 amide bonds. The van der Waals surface area contributed by atoms with Crippen molar-refractivity contribution in [3.8, 4) is 0 Å². The van der Waals surface area contributed by atoms with E-state index in [1.54, 1.807) is 6.08 Å². The van der Waals surface area contributed by atoms with Crippen LogP contribution in [0.5, 0.6) is 0 Å². The molecule has 0 aromatic rings. The van der Waals surface area contributed by atoms with E-state index in [0.29, 0.717) is 6.42 Å². The topological polar surface area (TPSA) is 89.8 Å². The van der Waals surface area contributed by atoms with Crippen LogP contribution in [0.4, 0.5) is 0 Å². The zero-order chi connectivity index (χ0) is 32.4. The highest BCUT2D eigenvalue weighted by Gasteiger charge is 2.20. The standard InChI is InChI=1S/C39H73NO4/c1-3-5-7-9-11-13-14-15-16-17-18-19-20-21-22-23-25-26-28-30-32-36(42)34-39(44)40-37(35-41)38(43)33-31-29-27-24-12-10-8-6-4-2/h12,20-21,24,31,33,36-38,41-43H,3-11,13-19,22-23,25-30,32,34-35H2,1-2H3,(H,40,44)/b21-20-,24-12+,33-31+. The zero-order valence-electron chi connectivity index (χ0n) is 29.0. The van der Waals surface area contributed by atoms with E-state index in [1.807, 2.05) is 6.08 Å². The number of rotatable bonds is 33. The zero-order valence-corrected chi connectivity index (χ0v) is 29.0. The van der Waals surface area contributed by atoms with Gasteiger partial charge in [-0.3, -0.25) is 4.79 Å². The van der Waals surface area contributed by atoms with E-state index in [9.17, 15) is 20.1 Å². The lowest BCUT2D eigenvalue weighted by atomic mass is 10.0. The second-order valence-corrected chi connectivity index (χ2v) is 12.8. The molecule has 0 aromatic carbocycles. The quantitative estimate of drug-likeness (QED) is 0.0435. The van der Waals surface area contributed by atoms with Gasteiger partial charge < -0.3 is 20.6 Å². The highest BCUT2D eigenvalue weighted by Crippen LogP contribution is 2.13. The van der Waals surface area contributed by atoms with Crippen LogP contribution in [0.1, 0.15) is 181 Å². The Morgan fingerprint density at radius 2 is 0.977 bits per heavy atom. The van der Waals surface area contributed by atoms with E-state index in [2.05, 4.69) is 43.5 Å². The number of nitrogens with one attached hydrogen (secondary N) is 1. The summed E-state index contributed by atoms with van der Waals surface area (Å²) >= 11 is 0. The van der Waals surface area contributed by atoms with Gasteiger partial charge in [0.15, 0.2) is 0 Å². The van der Waals surface area contributed by atoms with Crippen molar-refractivity contribution < 1.29 is 20.1 Å². The van der Waals surface area contributed by atoms with E-state index in [4.69, 9.17) is 0 Å². The predicted octanol–water partition coefficient (Wildman–Crippen LogP) is 10.0. The van der Waals surface area contributed by atoms with Gasteiger partial charge in [0.25, 0.3) is 0 Å². The lowest BCUT2D eigenvalue weighted by Gasteiger charge is -2.20. The summed E-state index contributed by atoms with van der Waals surface area (Å²) in [7, 11) is 0. The molecule has 0 aliphatic carbocycles. The van der Waals surface area contributed by atoms with Crippen LogP contribution in [0.15, 0.2) is 36.5 Å². The van der Waals surface area contributed by atoms with Gasteiger partial charge in [0.05, 0.1) is 31.3 Å². The maximum absolute atomic E-state index is 12.3. The van der Waals surface area contributed by atoms with Crippen molar-refractivity contribution in [3.63, 3.8) is 0 Å². The maximum Gasteiger partial charge on any atom is 0.222 e. The lowest BCUT2D eigenvalue weighted by molar-refractivity contribution is -0.124. The Hall–Kier alpha value is -1.43. The van der Waals surface area contributed by atoms with Crippen molar-refractivity contribution in [2.75, 3.05) is 6.61 Å². The molecule has 0 saturated heterocycles. The van der Waals surface area contributed by atoms with Gasteiger partial charge in [-0.05, 0) is 57.8 Å². The molecule has 0 bridgehead atoms. The van der Waals surface area contributed by atoms with Crippen LogP contribution in [-0.4, -0.2) is 46.1 Å². The van der Waals surface area contributed by atoms with Crippen LogP contribution in [0.2, 0.25) is 0 Å². The Bertz CT molecular complexity index is 690. The molecule has 3 atom stereocenters. The van der Waals surface area contributed by atoms with Gasteiger partial charge >= 0.3 is 0 Å². The summed E-state index contributed by atoms with van der Waals surface area (Å²) in [6.07, 6.45) is 41.4. The Kier molecular flexibility index (Phi) is 33.3. The van der Waals surface area contributed by atoms with Crippen molar-refractivity contribution in [3.05, 3.63) is 36.5 Å². The Labute approximate surface area is 273 Å². The molecule has 3 unspecified atom stereocenters. The van der Waals surface area contributed by atoms with E-state index in [-0.39, 0.29) is 18.9 Å². The Morgan fingerprint density at radius 3 is 1.50 bits per heavy atom. The molecule has 0 spiro atoms. The van der Waals surface area contributed by atoms with E-state index in [1.165, 1.54) is 109 Å². The van der Waals surface area contributed by atoms with E-state index >= 15 is 0 Å². The van der Waals surface area contributed by atoms with Crippen molar-refractivity contribution in [1.82, 2.24) is 5.32 Å². The fourth-order valence-corrected chi connectivity index (χ4v) is 5.47. The van der Waals surface area contributed by atoms with Crippen molar-refractivity contribution in [1.29, 1.82) is 0 Å².